The molecule has 0 fully saturated rings. The average molecular weight is 119 g/mol. The molecule has 0 radical (unpaired) electrons. The van der Waals surface area contributed by atoms with Gasteiger partial charge in [0.25, 0.3) is 0 Å². The van der Waals surface area contributed by atoms with Gasteiger partial charge in [-0.25, -0.2) is 4.84 Å². The van der Waals surface area contributed by atoms with Crippen molar-refractivity contribution in [1.82, 2.24) is 0 Å². The number of hydrogen-bond donors (Lipinski definition) is 1. The SMILES string of the molecule is [CH2-][NH+](CCOC)OC. The molecule has 0 amide bonds. The van der Waals surface area contributed by atoms with Crippen LogP contribution < -0.4 is 5.06 Å². The maximum Gasteiger partial charge on any atom is 0.105 e. The van der Waals surface area contributed by atoms with E-state index in [1.54, 1.807) is 14.2 Å². The predicted molar refractivity (Wildman–Crippen MR) is 30.1 cm³/mol. The summed E-state index contributed by atoms with van der Waals surface area (Å²) < 4.78 is 4.77. The van der Waals surface area contributed by atoms with Crippen LogP contribution in [0.2, 0.25) is 0 Å². The van der Waals surface area contributed by atoms with Gasteiger partial charge in [0.15, 0.2) is 0 Å². The van der Waals surface area contributed by atoms with Gasteiger partial charge in [-0.05, 0) is 0 Å². The second kappa shape index (κ2) is 5.03. The van der Waals surface area contributed by atoms with Crippen LogP contribution in [0.3, 0.4) is 0 Å². The molecule has 3 heteroatoms. The maximum atomic E-state index is 4.78. The average Bonchev–Trinajstić information content (AvgIpc) is 1.83. The smallest absolute Gasteiger partial charge is 0.105 e. The van der Waals surface area contributed by atoms with Crippen LogP contribution in [-0.2, 0) is 9.57 Å². The molecule has 1 N–H and O–H groups in total. The molecule has 0 aliphatic rings. The fourth-order valence-electron chi connectivity index (χ4n) is 0.318. The lowest BCUT2D eigenvalue weighted by molar-refractivity contribution is -1.05. The summed E-state index contributed by atoms with van der Waals surface area (Å²) in [5.74, 6) is 0. The van der Waals surface area contributed by atoms with E-state index in [0.717, 1.165) is 11.6 Å². The van der Waals surface area contributed by atoms with Gasteiger partial charge in [0, 0.05) is 7.11 Å². The van der Waals surface area contributed by atoms with E-state index in [1.807, 2.05) is 0 Å². The first-order valence-corrected chi connectivity index (χ1v) is 2.52. The molecular weight excluding hydrogens is 106 g/mol. The summed E-state index contributed by atoms with van der Waals surface area (Å²) in [5.41, 5.74) is 0. The third kappa shape index (κ3) is 4.05. The van der Waals surface area contributed by atoms with Gasteiger partial charge in [-0.3, -0.25) is 0 Å². The lowest BCUT2D eigenvalue weighted by Gasteiger charge is -2.14. The lowest BCUT2D eigenvalue weighted by atomic mass is 10.7. The normalized spacial score (nSPS) is 13.9. The molecule has 1 unspecified atom stereocenters. The molecular formula is C5H13NO2. The molecule has 0 aliphatic heterocycles. The van der Waals surface area contributed by atoms with E-state index in [9.17, 15) is 0 Å². The highest BCUT2D eigenvalue weighted by molar-refractivity contribution is 4.16. The summed E-state index contributed by atoms with van der Waals surface area (Å²) in [7, 11) is 6.87. The minimum Gasteiger partial charge on any atom is -0.379 e. The molecule has 50 valence electrons. The van der Waals surface area contributed by atoms with Crippen molar-refractivity contribution in [3.05, 3.63) is 7.05 Å². The van der Waals surface area contributed by atoms with Crippen molar-refractivity contribution in [3.8, 4) is 0 Å². The first-order chi connectivity index (χ1) is 3.81. The molecule has 0 saturated carbocycles. The Morgan fingerprint density at radius 2 is 2.12 bits per heavy atom. The molecule has 0 aromatic heterocycles. The largest absolute Gasteiger partial charge is 0.379 e. The number of nitrogens with one attached hydrogen (secondary N) is 1. The van der Waals surface area contributed by atoms with Crippen LogP contribution >= 0.6 is 0 Å². The Bertz CT molecular complexity index is 49.7. The number of rotatable bonds is 4. The van der Waals surface area contributed by atoms with Crippen LogP contribution in [0, 0.1) is 7.05 Å². The number of ether oxygens (including phenoxy) is 1. The molecule has 0 bridgehead atoms. The summed E-state index contributed by atoms with van der Waals surface area (Å²) in [4.78, 5) is 4.78. The minimum atomic E-state index is 0.687. The van der Waals surface area contributed by atoms with Gasteiger partial charge < -0.3 is 9.80 Å². The molecule has 0 heterocycles. The van der Waals surface area contributed by atoms with Gasteiger partial charge in [-0.1, -0.05) is 0 Å². The van der Waals surface area contributed by atoms with Gasteiger partial charge in [0.1, 0.15) is 6.54 Å². The van der Waals surface area contributed by atoms with Crippen molar-refractivity contribution < 1.29 is 14.6 Å². The Morgan fingerprint density at radius 3 is 2.50 bits per heavy atom. The van der Waals surface area contributed by atoms with E-state index in [1.165, 1.54) is 0 Å². The number of hydroxylamine groups is 2. The highest BCUT2D eigenvalue weighted by atomic mass is 16.7. The third-order valence-corrected chi connectivity index (χ3v) is 0.874. The Balaban J connectivity index is 2.86. The predicted octanol–water partition coefficient (Wildman–Crippen LogP) is -1.13. The van der Waals surface area contributed by atoms with Crippen molar-refractivity contribution in [3.63, 3.8) is 0 Å². The molecule has 0 aliphatic carbocycles. The summed E-state index contributed by atoms with van der Waals surface area (Å²) in [6, 6.07) is 0. The zero-order chi connectivity index (χ0) is 6.41. The van der Waals surface area contributed by atoms with E-state index in [0.29, 0.717) is 6.61 Å². The number of quaternary nitrogens is 1. The number of methoxy groups -OCH3 is 1. The quantitative estimate of drug-likeness (QED) is 0.374. The molecule has 0 aromatic rings. The van der Waals surface area contributed by atoms with Crippen molar-refractivity contribution in [1.29, 1.82) is 0 Å². The Labute approximate surface area is 50.1 Å². The van der Waals surface area contributed by atoms with Crippen molar-refractivity contribution in [2.45, 2.75) is 0 Å². The fraction of sp³-hybridized carbons (Fsp3) is 0.800. The highest BCUT2D eigenvalue weighted by Gasteiger charge is 1.89. The Morgan fingerprint density at radius 1 is 1.50 bits per heavy atom. The monoisotopic (exact) mass is 119 g/mol. The topological polar surface area (TPSA) is 22.9 Å². The van der Waals surface area contributed by atoms with Gasteiger partial charge in [-0.15, -0.1) is 7.05 Å². The zero-order valence-corrected chi connectivity index (χ0v) is 5.44. The van der Waals surface area contributed by atoms with Crippen LogP contribution in [0.15, 0.2) is 0 Å². The molecule has 0 spiro atoms. The Hall–Kier alpha value is -0.120. The molecule has 1 atom stereocenters. The second-order valence-electron chi connectivity index (χ2n) is 1.49. The summed E-state index contributed by atoms with van der Waals surface area (Å²) >= 11 is 0. The van der Waals surface area contributed by atoms with Gasteiger partial charge in [-0.2, -0.15) is 0 Å². The first-order valence-electron chi connectivity index (χ1n) is 2.52. The van der Waals surface area contributed by atoms with E-state index in [2.05, 4.69) is 7.05 Å². The van der Waals surface area contributed by atoms with Gasteiger partial charge >= 0.3 is 0 Å². The standard InChI is InChI=1S/C5H13NO2/c1-6(8-3)4-5-7-2/h6H,1,4-5H2,2-3H3. The van der Waals surface area contributed by atoms with E-state index < -0.39 is 0 Å². The van der Waals surface area contributed by atoms with Crippen LogP contribution in [0.25, 0.3) is 0 Å². The van der Waals surface area contributed by atoms with Crippen LogP contribution in [0.1, 0.15) is 0 Å². The molecule has 3 nitrogen and oxygen atoms in total. The zero-order valence-electron chi connectivity index (χ0n) is 5.44. The van der Waals surface area contributed by atoms with Crippen molar-refractivity contribution >= 4 is 0 Å². The number of hydrogen-bond acceptors (Lipinski definition) is 2. The second-order valence-corrected chi connectivity index (χ2v) is 1.49. The summed E-state index contributed by atoms with van der Waals surface area (Å²) in [5, 5.41) is 0.770. The van der Waals surface area contributed by atoms with Gasteiger partial charge in [0.2, 0.25) is 0 Å². The highest BCUT2D eigenvalue weighted by Crippen LogP contribution is 1.56. The molecule has 8 heavy (non-hydrogen) atoms. The van der Waals surface area contributed by atoms with Crippen LogP contribution in [-0.4, -0.2) is 27.4 Å². The first kappa shape index (κ1) is 7.88. The molecule has 0 saturated heterocycles. The van der Waals surface area contributed by atoms with E-state index in [-0.39, 0.29) is 0 Å². The van der Waals surface area contributed by atoms with Crippen LogP contribution in [0.4, 0.5) is 0 Å². The lowest BCUT2D eigenvalue weighted by Crippen LogP contribution is -3.06. The van der Waals surface area contributed by atoms with Crippen molar-refractivity contribution in [2.24, 2.45) is 0 Å². The van der Waals surface area contributed by atoms with Crippen LogP contribution in [0.5, 0.6) is 0 Å². The Kier molecular flexibility index (Phi) is 4.95. The minimum absolute atomic E-state index is 0.687. The third-order valence-electron chi connectivity index (χ3n) is 0.874. The summed E-state index contributed by atoms with van der Waals surface area (Å²) in [6.07, 6.45) is 0. The fourth-order valence-corrected chi connectivity index (χ4v) is 0.318. The molecule has 0 rings (SSSR count). The maximum absolute atomic E-state index is 4.78. The molecule has 0 aromatic carbocycles. The van der Waals surface area contributed by atoms with Crippen molar-refractivity contribution in [2.75, 3.05) is 27.4 Å². The van der Waals surface area contributed by atoms with E-state index >= 15 is 0 Å². The summed E-state index contributed by atoms with van der Waals surface area (Å²) in [6.45, 7) is 1.47. The van der Waals surface area contributed by atoms with Gasteiger partial charge in [0.05, 0.1) is 13.7 Å². The van der Waals surface area contributed by atoms with E-state index in [4.69, 9.17) is 9.57 Å².